The quantitative estimate of drug-likeness (QED) is 0.846. The number of aromatic nitrogens is 1. The van der Waals surface area contributed by atoms with Crippen molar-refractivity contribution in [2.45, 2.75) is 12.5 Å². The Kier molecular flexibility index (Phi) is 4.38. The van der Waals surface area contributed by atoms with E-state index in [0.717, 1.165) is 0 Å². The molecule has 1 saturated heterocycles. The van der Waals surface area contributed by atoms with Gasteiger partial charge in [0, 0.05) is 25.2 Å². The lowest BCUT2D eigenvalue weighted by atomic mass is 10.2. The summed E-state index contributed by atoms with van der Waals surface area (Å²) >= 11 is 5.89. The zero-order chi connectivity index (χ0) is 13.9. The summed E-state index contributed by atoms with van der Waals surface area (Å²) in [5.41, 5.74) is 0.424. The van der Waals surface area contributed by atoms with Crippen LogP contribution in [0, 0.1) is 0 Å². The van der Waals surface area contributed by atoms with Crippen molar-refractivity contribution < 1.29 is 13.2 Å². The molecular weight excluding hydrogens is 290 g/mol. The van der Waals surface area contributed by atoms with Gasteiger partial charge in [-0.1, -0.05) is 11.6 Å². The molecule has 104 valence electrons. The molecule has 1 aromatic heterocycles. The van der Waals surface area contributed by atoms with Gasteiger partial charge in [0.05, 0.1) is 28.4 Å². The van der Waals surface area contributed by atoms with Crippen LogP contribution < -0.4 is 10.6 Å². The summed E-state index contributed by atoms with van der Waals surface area (Å²) in [4.78, 5) is 15.7. The summed E-state index contributed by atoms with van der Waals surface area (Å²) in [5.74, 6) is -0.176. The molecule has 1 fully saturated rings. The van der Waals surface area contributed by atoms with Crippen LogP contribution in [0.4, 0.5) is 5.69 Å². The molecule has 2 N–H and O–H groups in total. The molecule has 0 aromatic carbocycles. The Balaban J connectivity index is 1.93. The van der Waals surface area contributed by atoms with Crippen LogP contribution in [0.5, 0.6) is 0 Å². The number of hydrogen-bond donors (Lipinski definition) is 2. The van der Waals surface area contributed by atoms with E-state index in [0.29, 0.717) is 17.3 Å². The van der Waals surface area contributed by atoms with Crippen LogP contribution in [0.1, 0.15) is 6.42 Å². The number of carbonyl (C=O) groups is 1. The van der Waals surface area contributed by atoms with Crippen LogP contribution in [-0.4, -0.2) is 43.4 Å². The van der Waals surface area contributed by atoms with Crippen molar-refractivity contribution in [1.29, 1.82) is 0 Å². The Morgan fingerprint density at radius 2 is 2.37 bits per heavy atom. The lowest BCUT2D eigenvalue weighted by Crippen LogP contribution is -2.46. The summed E-state index contributed by atoms with van der Waals surface area (Å²) in [6, 6.07) is 1.22. The first-order valence-electron chi connectivity index (χ1n) is 5.79. The van der Waals surface area contributed by atoms with Gasteiger partial charge in [0.25, 0.3) is 0 Å². The van der Waals surface area contributed by atoms with Crippen LogP contribution >= 0.6 is 11.6 Å². The molecule has 0 saturated carbocycles. The number of hydrogen-bond acceptors (Lipinski definition) is 5. The molecule has 1 aliphatic heterocycles. The monoisotopic (exact) mass is 303 g/mol. The fourth-order valence-electron chi connectivity index (χ4n) is 1.89. The smallest absolute Gasteiger partial charge is 0.226 e. The molecule has 0 spiro atoms. The van der Waals surface area contributed by atoms with Gasteiger partial charge in [-0.3, -0.25) is 9.78 Å². The van der Waals surface area contributed by atoms with Gasteiger partial charge >= 0.3 is 0 Å². The van der Waals surface area contributed by atoms with Crippen molar-refractivity contribution in [1.82, 2.24) is 10.3 Å². The summed E-state index contributed by atoms with van der Waals surface area (Å²) in [7, 11) is -3.04. The highest BCUT2D eigenvalue weighted by Gasteiger charge is 2.26. The Labute approximate surface area is 116 Å². The third-order valence-corrected chi connectivity index (χ3v) is 4.84. The summed E-state index contributed by atoms with van der Waals surface area (Å²) in [6.07, 6.45) is 3.06. The zero-order valence-electron chi connectivity index (χ0n) is 10.1. The van der Waals surface area contributed by atoms with E-state index >= 15 is 0 Å². The van der Waals surface area contributed by atoms with Crippen molar-refractivity contribution >= 4 is 33.0 Å². The van der Waals surface area contributed by atoms with E-state index in [1.54, 1.807) is 6.07 Å². The highest BCUT2D eigenvalue weighted by Crippen LogP contribution is 2.19. The van der Waals surface area contributed by atoms with Gasteiger partial charge in [-0.15, -0.1) is 0 Å². The second-order valence-electron chi connectivity index (χ2n) is 4.37. The Hall–Kier alpha value is -1.18. The normalized spacial score (nSPS) is 21.8. The fraction of sp³-hybridized carbons (Fsp3) is 0.455. The molecule has 8 heteroatoms. The minimum Gasteiger partial charge on any atom is -0.323 e. The van der Waals surface area contributed by atoms with E-state index in [1.807, 2.05) is 0 Å². The lowest BCUT2D eigenvalue weighted by molar-refractivity contribution is -0.116. The molecule has 1 aromatic rings. The predicted molar refractivity (Wildman–Crippen MR) is 72.9 cm³/mol. The number of sulfone groups is 1. The van der Waals surface area contributed by atoms with Crippen LogP contribution in [0.15, 0.2) is 18.5 Å². The largest absolute Gasteiger partial charge is 0.323 e. The summed E-state index contributed by atoms with van der Waals surface area (Å²) < 4.78 is 22.9. The Bertz CT molecular complexity index is 576. The Morgan fingerprint density at radius 1 is 1.58 bits per heavy atom. The summed E-state index contributed by atoms with van der Waals surface area (Å²) in [5, 5.41) is 6.03. The lowest BCUT2D eigenvalue weighted by Gasteiger charge is -2.23. The average Bonchev–Trinajstić information content (AvgIpc) is 2.30. The molecule has 0 radical (unpaired) electrons. The predicted octanol–water partition coefficient (Wildman–Crippen LogP) is 0.450. The van der Waals surface area contributed by atoms with Crippen molar-refractivity contribution in [2.75, 3.05) is 23.4 Å². The molecule has 2 rings (SSSR count). The number of anilines is 1. The number of pyridine rings is 1. The van der Waals surface area contributed by atoms with Crippen molar-refractivity contribution in [3.8, 4) is 0 Å². The molecule has 6 nitrogen and oxygen atoms in total. The minimum atomic E-state index is -3.04. The standard InChI is InChI=1S/C11H14ClN3O3S/c12-9-1-2-13-6-10(9)15-11(16)5-8-7-19(17,18)4-3-14-8/h1-2,6,8,14H,3-5,7H2,(H,15,16). The maximum atomic E-state index is 11.8. The Morgan fingerprint density at radius 3 is 3.05 bits per heavy atom. The van der Waals surface area contributed by atoms with E-state index in [4.69, 9.17) is 11.6 Å². The zero-order valence-corrected chi connectivity index (χ0v) is 11.7. The number of carbonyl (C=O) groups excluding carboxylic acids is 1. The average molecular weight is 304 g/mol. The first-order valence-corrected chi connectivity index (χ1v) is 7.99. The number of amides is 1. The first-order chi connectivity index (χ1) is 8.96. The van der Waals surface area contributed by atoms with E-state index in [1.165, 1.54) is 12.4 Å². The number of rotatable bonds is 3. The van der Waals surface area contributed by atoms with E-state index in [2.05, 4.69) is 15.6 Å². The maximum absolute atomic E-state index is 11.8. The number of halogens is 1. The van der Waals surface area contributed by atoms with Gasteiger partial charge in [-0.05, 0) is 6.07 Å². The van der Waals surface area contributed by atoms with Crippen LogP contribution in [0.25, 0.3) is 0 Å². The molecule has 2 heterocycles. The van der Waals surface area contributed by atoms with Crippen LogP contribution in [0.3, 0.4) is 0 Å². The molecule has 1 unspecified atom stereocenters. The molecule has 0 bridgehead atoms. The van der Waals surface area contributed by atoms with Gasteiger partial charge in [0.15, 0.2) is 9.84 Å². The van der Waals surface area contributed by atoms with E-state index < -0.39 is 9.84 Å². The van der Waals surface area contributed by atoms with E-state index in [-0.39, 0.29) is 29.9 Å². The van der Waals surface area contributed by atoms with Gasteiger partial charge in [-0.2, -0.15) is 0 Å². The molecule has 1 atom stereocenters. The first kappa shape index (κ1) is 14.2. The van der Waals surface area contributed by atoms with Gasteiger partial charge in [0.1, 0.15) is 0 Å². The van der Waals surface area contributed by atoms with Gasteiger partial charge < -0.3 is 10.6 Å². The van der Waals surface area contributed by atoms with Gasteiger partial charge in [-0.25, -0.2) is 8.42 Å². The highest BCUT2D eigenvalue weighted by atomic mass is 35.5. The topological polar surface area (TPSA) is 88.2 Å². The van der Waals surface area contributed by atoms with Gasteiger partial charge in [0.2, 0.25) is 5.91 Å². The molecule has 1 aliphatic rings. The van der Waals surface area contributed by atoms with Crippen molar-refractivity contribution in [3.05, 3.63) is 23.5 Å². The second kappa shape index (κ2) is 5.85. The van der Waals surface area contributed by atoms with Crippen LogP contribution in [0.2, 0.25) is 5.02 Å². The molecular formula is C11H14ClN3O3S. The molecule has 1 amide bonds. The SMILES string of the molecule is O=C(CC1CS(=O)(=O)CCN1)Nc1cnccc1Cl. The van der Waals surface area contributed by atoms with E-state index in [9.17, 15) is 13.2 Å². The number of nitrogens with one attached hydrogen (secondary N) is 2. The van der Waals surface area contributed by atoms with Crippen molar-refractivity contribution in [3.63, 3.8) is 0 Å². The second-order valence-corrected chi connectivity index (χ2v) is 7.01. The third kappa shape index (κ3) is 4.15. The number of nitrogens with zero attached hydrogens (tertiary/aromatic N) is 1. The van der Waals surface area contributed by atoms with Crippen molar-refractivity contribution in [2.24, 2.45) is 0 Å². The minimum absolute atomic E-state index is 0.0127. The molecule has 19 heavy (non-hydrogen) atoms. The fourth-order valence-corrected chi connectivity index (χ4v) is 3.49. The highest BCUT2D eigenvalue weighted by molar-refractivity contribution is 7.91. The maximum Gasteiger partial charge on any atom is 0.226 e. The van der Waals surface area contributed by atoms with Crippen LogP contribution in [-0.2, 0) is 14.6 Å². The third-order valence-electron chi connectivity index (χ3n) is 2.77. The summed E-state index contributed by atoms with van der Waals surface area (Å²) in [6.45, 7) is 0.383. The molecule has 0 aliphatic carbocycles.